The van der Waals surface area contributed by atoms with Crippen molar-refractivity contribution in [2.75, 3.05) is 17.7 Å². The second kappa shape index (κ2) is 11.0. The van der Waals surface area contributed by atoms with Crippen molar-refractivity contribution in [1.29, 1.82) is 0 Å². The number of anilines is 1. The minimum Gasteiger partial charge on any atom is -0.366 e. The maximum absolute atomic E-state index is 15.0. The second-order valence-corrected chi connectivity index (χ2v) is 9.27. The van der Waals surface area contributed by atoms with Gasteiger partial charge in [-0.3, -0.25) is 9.59 Å². The molecule has 2 aliphatic rings. The number of amides is 1. The van der Waals surface area contributed by atoms with Crippen LogP contribution in [0.15, 0.2) is 70.9 Å². The van der Waals surface area contributed by atoms with E-state index in [9.17, 15) is 18.4 Å². The van der Waals surface area contributed by atoms with Crippen molar-refractivity contribution in [2.45, 2.75) is 31.4 Å². The van der Waals surface area contributed by atoms with Gasteiger partial charge in [-0.25, -0.2) is 13.8 Å². The van der Waals surface area contributed by atoms with Gasteiger partial charge >= 0.3 is 0 Å². The van der Waals surface area contributed by atoms with E-state index in [1.807, 2.05) is 25.2 Å². The lowest BCUT2D eigenvalue weighted by Crippen LogP contribution is -2.53. The van der Waals surface area contributed by atoms with E-state index in [2.05, 4.69) is 15.6 Å². The molecule has 1 saturated heterocycles. The van der Waals surface area contributed by atoms with Gasteiger partial charge in [0, 0.05) is 48.0 Å². The van der Waals surface area contributed by atoms with E-state index in [1.165, 1.54) is 42.4 Å². The molecule has 0 aliphatic carbocycles. The number of rotatable bonds is 6. The van der Waals surface area contributed by atoms with E-state index >= 15 is 0 Å². The Hall–Kier alpha value is -3.24. The Bertz CT molecular complexity index is 1230. The number of carbonyl (C=O) groups excluding carboxylic acids is 1. The molecule has 4 rings (SSSR count). The number of ether oxygens (including phenoxy) is 1. The maximum atomic E-state index is 15.0. The molecule has 3 atom stereocenters. The van der Waals surface area contributed by atoms with Crippen molar-refractivity contribution >= 4 is 28.5 Å². The molecule has 35 heavy (non-hydrogen) atoms. The Morgan fingerprint density at radius 3 is 2.97 bits per heavy atom. The number of allylic oxidation sites excluding steroid dienone is 3. The number of fused-ring (bicyclic) bond motifs is 1. The van der Waals surface area contributed by atoms with Crippen molar-refractivity contribution in [3.05, 3.63) is 88.5 Å². The second-order valence-electron chi connectivity index (χ2n) is 8.26. The molecule has 0 spiro atoms. The number of aliphatic imine (C=N–C) groups is 1. The molecule has 7 nitrogen and oxygen atoms in total. The number of benzene rings is 1. The number of hydrogen-bond acceptors (Lipinski definition) is 6. The highest BCUT2D eigenvalue weighted by Crippen LogP contribution is 2.47. The van der Waals surface area contributed by atoms with Gasteiger partial charge in [0.05, 0.1) is 6.61 Å². The highest BCUT2D eigenvalue weighted by molar-refractivity contribution is 8.13. The fourth-order valence-electron chi connectivity index (χ4n) is 4.16. The number of H-pyrrole nitrogens is 1. The topological polar surface area (TPSA) is 95.6 Å². The number of carbonyl (C=O) groups is 1. The number of pyridine rings is 1. The molecule has 0 unspecified atom stereocenters. The minimum absolute atomic E-state index is 0.0748. The Morgan fingerprint density at radius 2 is 2.20 bits per heavy atom. The van der Waals surface area contributed by atoms with Crippen LogP contribution < -0.4 is 16.1 Å². The number of nitrogens with zero attached hydrogens (tertiary/aromatic N) is 1. The number of thioether (sulfide) groups is 1. The van der Waals surface area contributed by atoms with Gasteiger partial charge in [-0.15, -0.1) is 0 Å². The van der Waals surface area contributed by atoms with Crippen LogP contribution >= 0.6 is 11.8 Å². The van der Waals surface area contributed by atoms with Crippen molar-refractivity contribution in [1.82, 2.24) is 10.3 Å². The monoisotopic (exact) mass is 500 g/mol. The normalized spacial score (nSPS) is 24.3. The first-order chi connectivity index (χ1) is 16.9. The van der Waals surface area contributed by atoms with Gasteiger partial charge in [0.25, 0.3) is 5.91 Å². The van der Waals surface area contributed by atoms with Crippen LogP contribution in [-0.2, 0) is 15.1 Å². The zero-order valence-electron chi connectivity index (χ0n) is 19.1. The summed E-state index contributed by atoms with van der Waals surface area (Å²) in [6.07, 6.45) is 10.7. The van der Waals surface area contributed by atoms with Gasteiger partial charge in [0.2, 0.25) is 5.43 Å². The van der Waals surface area contributed by atoms with Crippen LogP contribution in [0, 0.1) is 17.6 Å². The van der Waals surface area contributed by atoms with Crippen LogP contribution in [0.4, 0.5) is 14.5 Å². The molecule has 1 aromatic carbocycles. The third kappa shape index (κ3) is 5.54. The van der Waals surface area contributed by atoms with Gasteiger partial charge in [-0.2, -0.15) is 0 Å². The van der Waals surface area contributed by atoms with E-state index < -0.39 is 29.2 Å². The van der Waals surface area contributed by atoms with Crippen LogP contribution in [0.5, 0.6) is 0 Å². The number of amidine groups is 1. The standard InChI is InChI=1S/C25H26F2N4O3S/c1-2-3-4-5-9-29-24-31-25(18-7-6-17(26)12-19(18)27)15-34-22(11-16(25)14-35-24)23(33)30-20-13-28-10-8-21(20)32/h3-10,12-13,16,22H,2,11,14-15H2,1H3,(H,28,32)(H,29,31)(H,30,33)/b4-3-,9-5-/t16-,22+,25-/m0/s1. The molecule has 10 heteroatoms. The van der Waals surface area contributed by atoms with Crippen LogP contribution in [0.25, 0.3) is 0 Å². The van der Waals surface area contributed by atoms with Crippen molar-refractivity contribution in [2.24, 2.45) is 10.9 Å². The Kier molecular flexibility index (Phi) is 7.82. The third-order valence-corrected chi connectivity index (χ3v) is 7.01. The Labute approximate surface area is 205 Å². The van der Waals surface area contributed by atoms with Crippen LogP contribution in [0.2, 0.25) is 0 Å². The molecule has 0 bridgehead atoms. The average molecular weight is 501 g/mol. The van der Waals surface area contributed by atoms with Crippen molar-refractivity contribution in [3.8, 4) is 0 Å². The van der Waals surface area contributed by atoms with E-state index in [0.717, 1.165) is 12.5 Å². The first kappa shape index (κ1) is 24.9. The quantitative estimate of drug-likeness (QED) is 0.520. The lowest BCUT2D eigenvalue weighted by Gasteiger charge is -2.46. The SMILES string of the molecule is CC/C=C\C=C/NC1=N[C@@]2(c3ccc(F)cc3F)CO[C@@H](C(=O)Nc3c[nH]ccc3=O)C[C@H]2CS1. The van der Waals surface area contributed by atoms with Gasteiger partial charge < -0.3 is 20.4 Å². The van der Waals surface area contributed by atoms with E-state index in [0.29, 0.717) is 10.9 Å². The number of nitrogens with one attached hydrogen (secondary N) is 3. The molecule has 2 aliphatic heterocycles. The molecule has 1 aromatic heterocycles. The smallest absolute Gasteiger partial charge is 0.253 e. The average Bonchev–Trinajstić information content (AvgIpc) is 2.84. The summed E-state index contributed by atoms with van der Waals surface area (Å²) in [6, 6.07) is 4.74. The molecular formula is C25H26F2N4O3S. The first-order valence-electron chi connectivity index (χ1n) is 11.3. The molecule has 0 saturated carbocycles. The van der Waals surface area contributed by atoms with E-state index in [4.69, 9.17) is 9.73 Å². The Morgan fingerprint density at radius 1 is 1.34 bits per heavy atom. The highest BCUT2D eigenvalue weighted by Gasteiger charge is 2.50. The lowest BCUT2D eigenvalue weighted by atomic mass is 9.75. The lowest BCUT2D eigenvalue weighted by molar-refractivity contribution is -0.136. The van der Waals surface area contributed by atoms with E-state index in [1.54, 1.807) is 6.20 Å². The summed E-state index contributed by atoms with van der Waals surface area (Å²) in [4.78, 5) is 32.4. The molecule has 1 amide bonds. The number of halogens is 2. The van der Waals surface area contributed by atoms with Gasteiger partial charge in [0.1, 0.15) is 29.0 Å². The predicted octanol–water partition coefficient (Wildman–Crippen LogP) is 4.06. The van der Waals surface area contributed by atoms with E-state index in [-0.39, 0.29) is 35.6 Å². The van der Waals surface area contributed by atoms with Gasteiger partial charge in [-0.05, 0) is 25.0 Å². The van der Waals surface area contributed by atoms with Crippen molar-refractivity contribution < 1.29 is 18.3 Å². The molecule has 3 heterocycles. The highest BCUT2D eigenvalue weighted by atomic mass is 32.2. The number of aromatic amines is 1. The minimum atomic E-state index is -1.13. The molecule has 0 radical (unpaired) electrons. The summed E-state index contributed by atoms with van der Waals surface area (Å²) in [5.41, 5.74) is -1.11. The predicted molar refractivity (Wildman–Crippen MR) is 133 cm³/mol. The maximum Gasteiger partial charge on any atom is 0.253 e. The first-order valence-corrected chi connectivity index (χ1v) is 12.3. The summed E-state index contributed by atoms with van der Waals surface area (Å²) in [7, 11) is 0. The molecular weight excluding hydrogens is 474 g/mol. The van der Waals surface area contributed by atoms with Crippen LogP contribution in [-0.4, -0.2) is 34.5 Å². The van der Waals surface area contributed by atoms with Crippen LogP contribution in [0.1, 0.15) is 25.3 Å². The summed E-state index contributed by atoms with van der Waals surface area (Å²) < 4.78 is 34.6. The van der Waals surface area contributed by atoms with Gasteiger partial charge in [-0.1, -0.05) is 36.9 Å². The van der Waals surface area contributed by atoms with Crippen LogP contribution in [0.3, 0.4) is 0 Å². The Balaban J connectivity index is 1.60. The number of hydrogen-bond donors (Lipinski definition) is 3. The van der Waals surface area contributed by atoms with Crippen molar-refractivity contribution in [3.63, 3.8) is 0 Å². The largest absolute Gasteiger partial charge is 0.366 e. The molecule has 2 aromatic rings. The summed E-state index contributed by atoms with van der Waals surface area (Å²) in [5.74, 6) is -1.58. The molecule has 184 valence electrons. The zero-order valence-corrected chi connectivity index (χ0v) is 19.9. The zero-order chi connectivity index (χ0) is 24.8. The summed E-state index contributed by atoms with van der Waals surface area (Å²) in [5, 5.41) is 6.30. The fraction of sp³-hybridized carbons (Fsp3) is 0.320. The summed E-state index contributed by atoms with van der Waals surface area (Å²) in [6.45, 7) is 1.96. The third-order valence-electron chi connectivity index (χ3n) is 5.96. The summed E-state index contributed by atoms with van der Waals surface area (Å²) >= 11 is 1.46. The fourth-order valence-corrected chi connectivity index (χ4v) is 5.31. The number of aromatic nitrogens is 1. The molecule has 1 fully saturated rings. The van der Waals surface area contributed by atoms with Gasteiger partial charge in [0.15, 0.2) is 5.17 Å². The molecule has 3 N–H and O–H groups in total.